The van der Waals surface area contributed by atoms with E-state index in [0.29, 0.717) is 0 Å². The Hall–Kier alpha value is -1.90. The van der Waals surface area contributed by atoms with Gasteiger partial charge in [-0.2, -0.15) is 31.1 Å². The quantitative estimate of drug-likeness (QED) is 0.496. The molecule has 3 atom stereocenters. The molecule has 0 aliphatic carbocycles. The van der Waals surface area contributed by atoms with Crippen LogP contribution in [0.15, 0.2) is 0 Å². The molecule has 1 saturated heterocycles. The third-order valence-electron chi connectivity index (χ3n) is 4.88. The van der Waals surface area contributed by atoms with Crippen LogP contribution < -0.4 is 10.0 Å². The molecule has 32 heavy (non-hydrogen) atoms. The van der Waals surface area contributed by atoms with E-state index in [1.165, 1.54) is 32.4 Å². The third-order valence-corrected chi connectivity index (χ3v) is 6.06. The number of sulfonamides is 1. The van der Waals surface area contributed by atoms with Gasteiger partial charge in [0.15, 0.2) is 0 Å². The molecule has 1 fully saturated rings. The van der Waals surface area contributed by atoms with E-state index >= 15 is 0 Å². The van der Waals surface area contributed by atoms with Gasteiger partial charge < -0.3 is 10.2 Å². The standard InChI is InChI=1S/C17H25F6N3O5S/c1-8(2)11(13(27)16(18,19)20)24-14(28)10-6-5-7-26(10)15(29)12(9(3)4)25-32(30,31)17(21,22)23/h8-12,25H,5-7H2,1-4H3,(H,24,28)/t10-,11?,12-/m0/s1. The topological polar surface area (TPSA) is 113 Å². The van der Waals surface area contributed by atoms with Crippen molar-refractivity contribution in [3.05, 3.63) is 0 Å². The van der Waals surface area contributed by atoms with E-state index in [-0.39, 0.29) is 19.4 Å². The van der Waals surface area contributed by atoms with Crippen molar-refractivity contribution in [1.82, 2.24) is 14.9 Å². The molecule has 15 heteroatoms. The van der Waals surface area contributed by atoms with E-state index in [1.54, 1.807) is 0 Å². The molecular formula is C17H25F6N3O5S. The zero-order valence-corrected chi connectivity index (χ0v) is 18.5. The van der Waals surface area contributed by atoms with Crippen LogP contribution in [0.25, 0.3) is 0 Å². The molecular weight excluding hydrogens is 472 g/mol. The van der Waals surface area contributed by atoms with E-state index in [1.807, 2.05) is 5.32 Å². The van der Waals surface area contributed by atoms with E-state index in [2.05, 4.69) is 0 Å². The van der Waals surface area contributed by atoms with Crippen molar-refractivity contribution < 1.29 is 49.1 Å². The van der Waals surface area contributed by atoms with Gasteiger partial charge in [0.2, 0.25) is 11.8 Å². The van der Waals surface area contributed by atoms with Crippen LogP contribution in [-0.2, 0) is 24.4 Å². The summed E-state index contributed by atoms with van der Waals surface area (Å²) in [4.78, 5) is 37.9. The second kappa shape index (κ2) is 9.93. The van der Waals surface area contributed by atoms with Crippen molar-refractivity contribution in [1.29, 1.82) is 0 Å². The van der Waals surface area contributed by atoms with Crippen LogP contribution in [-0.4, -0.2) is 67.3 Å². The minimum Gasteiger partial charge on any atom is -0.344 e. The monoisotopic (exact) mass is 497 g/mol. The van der Waals surface area contributed by atoms with Crippen LogP contribution in [0, 0.1) is 11.8 Å². The van der Waals surface area contributed by atoms with Gasteiger partial charge in [-0.1, -0.05) is 27.7 Å². The van der Waals surface area contributed by atoms with E-state index in [9.17, 15) is 49.1 Å². The SMILES string of the molecule is CC(C)C(NC(=O)[C@@H]1CCCN1C(=O)[C@@H](NS(=O)(=O)C(F)(F)F)C(C)C)C(=O)C(F)(F)F. The highest BCUT2D eigenvalue weighted by Gasteiger charge is 2.50. The van der Waals surface area contributed by atoms with Gasteiger partial charge >= 0.3 is 21.7 Å². The molecule has 2 amide bonds. The summed E-state index contributed by atoms with van der Waals surface area (Å²) < 4.78 is 101. The Bertz CT molecular complexity index is 826. The Labute approximate surface area is 181 Å². The second-order valence-corrected chi connectivity index (χ2v) is 9.78. The highest BCUT2D eigenvalue weighted by Crippen LogP contribution is 2.26. The van der Waals surface area contributed by atoms with Crippen molar-refractivity contribution in [2.45, 2.75) is 70.3 Å². The summed E-state index contributed by atoms with van der Waals surface area (Å²) in [6.45, 7) is 4.97. The van der Waals surface area contributed by atoms with Crippen molar-refractivity contribution >= 4 is 27.6 Å². The van der Waals surface area contributed by atoms with Crippen molar-refractivity contribution in [2.75, 3.05) is 6.54 Å². The molecule has 0 aromatic heterocycles. The highest BCUT2D eigenvalue weighted by molar-refractivity contribution is 7.90. The number of hydrogen-bond acceptors (Lipinski definition) is 5. The summed E-state index contributed by atoms with van der Waals surface area (Å²) in [5, 5.41) is 1.97. The minimum atomic E-state index is -5.88. The molecule has 0 radical (unpaired) electrons. The average molecular weight is 497 g/mol. The van der Waals surface area contributed by atoms with Gasteiger partial charge in [0, 0.05) is 6.54 Å². The summed E-state index contributed by atoms with van der Waals surface area (Å²) in [5.41, 5.74) is -5.68. The average Bonchev–Trinajstić information content (AvgIpc) is 3.10. The van der Waals surface area contributed by atoms with Crippen molar-refractivity contribution in [3.63, 3.8) is 0 Å². The number of ketones is 1. The van der Waals surface area contributed by atoms with Crippen molar-refractivity contribution in [2.24, 2.45) is 11.8 Å². The van der Waals surface area contributed by atoms with Crippen LogP contribution in [0.5, 0.6) is 0 Å². The zero-order chi connectivity index (χ0) is 25.2. The summed E-state index contributed by atoms with van der Waals surface area (Å²) >= 11 is 0. The molecule has 186 valence electrons. The fourth-order valence-corrected chi connectivity index (χ4v) is 3.99. The summed E-state index contributed by atoms with van der Waals surface area (Å²) in [7, 11) is -5.88. The minimum absolute atomic E-state index is 0.0283. The molecule has 1 aliphatic heterocycles. The zero-order valence-electron chi connectivity index (χ0n) is 17.7. The lowest BCUT2D eigenvalue weighted by Crippen LogP contribution is -2.58. The van der Waals surface area contributed by atoms with Crippen molar-refractivity contribution in [3.8, 4) is 0 Å². The number of likely N-dealkylation sites (tertiary alicyclic amines) is 1. The van der Waals surface area contributed by atoms with Crippen LogP contribution >= 0.6 is 0 Å². The lowest BCUT2D eigenvalue weighted by Gasteiger charge is -2.31. The van der Waals surface area contributed by atoms with Gasteiger partial charge in [0.1, 0.15) is 12.1 Å². The van der Waals surface area contributed by atoms with Gasteiger partial charge in [-0.3, -0.25) is 14.4 Å². The number of Topliss-reactive ketones (excluding diaryl/α,β-unsaturated/α-hetero) is 1. The number of amides is 2. The number of carbonyl (C=O) groups is 3. The first-order chi connectivity index (χ1) is 14.3. The molecule has 1 heterocycles. The first-order valence-corrected chi connectivity index (χ1v) is 11.1. The molecule has 1 aliphatic rings. The molecule has 1 rings (SSSR count). The maximum atomic E-state index is 12.8. The van der Waals surface area contributed by atoms with Gasteiger partial charge in [-0.05, 0) is 24.7 Å². The normalized spacial score (nSPS) is 19.9. The van der Waals surface area contributed by atoms with Gasteiger partial charge in [0.25, 0.3) is 5.78 Å². The molecule has 8 nitrogen and oxygen atoms in total. The maximum Gasteiger partial charge on any atom is 0.511 e. The number of halogens is 6. The smallest absolute Gasteiger partial charge is 0.344 e. The van der Waals surface area contributed by atoms with Crippen LogP contribution in [0.4, 0.5) is 26.3 Å². The number of alkyl halides is 6. The van der Waals surface area contributed by atoms with Gasteiger partial charge in [0.05, 0.1) is 6.04 Å². The largest absolute Gasteiger partial charge is 0.511 e. The second-order valence-electron chi connectivity index (χ2n) is 8.07. The number of carbonyl (C=O) groups excluding carboxylic acids is 3. The summed E-state index contributed by atoms with van der Waals surface area (Å²) in [5.74, 6) is -6.29. The Kier molecular flexibility index (Phi) is 8.73. The molecule has 0 aromatic rings. The molecule has 2 N–H and O–H groups in total. The van der Waals surface area contributed by atoms with E-state index in [4.69, 9.17) is 0 Å². The number of hydrogen-bond donors (Lipinski definition) is 2. The number of nitrogens with one attached hydrogen (secondary N) is 2. The summed E-state index contributed by atoms with van der Waals surface area (Å²) in [6, 6.07) is -5.17. The molecule has 1 unspecified atom stereocenters. The molecule has 0 spiro atoms. The van der Waals surface area contributed by atoms with Gasteiger partial charge in [-0.15, -0.1) is 0 Å². The third kappa shape index (κ3) is 6.56. The first kappa shape index (κ1) is 28.1. The fourth-order valence-electron chi connectivity index (χ4n) is 3.15. The van der Waals surface area contributed by atoms with E-state index < -0.39 is 69.3 Å². The molecule has 0 aromatic carbocycles. The van der Waals surface area contributed by atoms with Crippen LogP contribution in [0.1, 0.15) is 40.5 Å². The molecule has 0 bridgehead atoms. The summed E-state index contributed by atoms with van der Waals surface area (Å²) in [6.07, 6.45) is -5.05. The lowest BCUT2D eigenvalue weighted by atomic mass is 9.98. The van der Waals surface area contributed by atoms with E-state index in [0.717, 1.165) is 4.90 Å². The Morgan fingerprint density at radius 3 is 1.84 bits per heavy atom. The van der Waals surface area contributed by atoms with Gasteiger partial charge in [-0.25, -0.2) is 8.42 Å². The molecule has 0 saturated carbocycles. The highest BCUT2D eigenvalue weighted by atomic mass is 32.2. The predicted molar refractivity (Wildman–Crippen MR) is 99.3 cm³/mol. The Morgan fingerprint density at radius 1 is 0.938 bits per heavy atom. The lowest BCUT2D eigenvalue weighted by molar-refractivity contribution is -0.175. The van der Waals surface area contributed by atoms with Crippen LogP contribution in [0.2, 0.25) is 0 Å². The Balaban J connectivity index is 3.11. The number of rotatable bonds is 8. The first-order valence-electron chi connectivity index (χ1n) is 9.61. The number of nitrogens with zero attached hydrogens (tertiary/aromatic N) is 1. The predicted octanol–water partition coefficient (Wildman–Crippen LogP) is 1.71. The Morgan fingerprint density at radius 2 is 1.44 bits per heavy atom. The van der Waals surface area contributed by atoms with Crippen LogP contribution in [0.3, 0.4) is 0 Å². The maximum absolute atomic E-state index is 12.8. The fraction of sp³-hybridized carbons (Fsp3) is 0.824.